The molecule has 0 spiro atoms. The number of rotatable bonds is 6. The molecule has 1 N–H and O–H groups in total. The van der Waals surface area contributed by atoms with Gasteiger partial charge >= 0.3 is 0 Å². The lowest BCUT2D eigenvalue weighted by Crippen LogP contribution is -2.16. The summed E-state index contributed by atoms with van der Waals surface area (Å²) in [6, 6.07) is 8.53. The van der Waals surface area contributed by atoms with Gasteiger partial charge in [0.25, 0.3) is 0 Å². The molecule has 0 radical (unpaired) electrons. The summed E-state index contributed by atoms with van der Waals surface area (Å²) >= 11 is 0. The monoisotopic (exact) mass is 331 g/mol. The van der Waals surface area contributed by atoms with E-state index >= 15 is 0 Å². The number of amides is 1. The molecule has 126 valence electrons. The summed E-state index contributed by atoms with van der Waals surface area (Å²) in [6.07, 6.45) is 0.575. The summed E-state index contributed by atoms with van der Waals surface area (Å²) < 4.78 is 26.4. The fourth-order valence-electron chi connectivity index (χ4n) is 2.48. The summed E-state index contributed by atoms with van der Waals surface area (Å²) in [4.78, 5) is 24.1. The average molecular weight is 331 g/mol. The molecule has 5 heteroatoms. The zero-order valence-corrected chi connectivity index (χ0v) is 13.7. The summed E-state index contributed by atoms with van der Waals surface area (Å²) in [5.41, 5.74) is 2.51. The summed E-state index contributed by atoms with van der Waals surface area (Å²) in [7, 11) is 0. The van der Waals surface area contributed by atoms with Crippen molar-refractivity contribution < 1.29 is 18.4 Å². The van der Waals surface area contributed by atoms with Crippen LogP contribution in [0.3, 0.4) is 0 Å². The zero-order chi connectivity index (χ0) is 17.7. The van der Waals surface area contributed by atoms with Gasteiger partial charge in [-0.2, -0.15) is 0 Å². The van der Waals surface area contributed by atoms with Gasteiger partial charge in [-0.25, -0.2) is 8.78 Å². The van der Waals surface area contributed by atoms with Crippen molar-refractivity contribution in [3.63, 3.8) is 0 Å². The van der Waals surface area contributed by atoms with Crippen LogP contribution < -0.4 is 5.32 Å². The number of hydrogen-bond donors (Lipinski definition) is 1. The molecule has 0 fully saturated rings. The Kier molecular flexibility index (Phi) is 5.79. The van der Waals surface area contributed by atoms with Crippen LogP contribution in [0, 0.1) is 18.6 Å². The van der Waals surface area contributed by atoms with Crippen LogP contribution in [-0.2, 0) is 11.2 Å². The topological polar surface area (TPSA) is 46.2 Å². The van der Waals surface area contributed by atoms with Crippen molar-refractivity contribution >= 4 is 17.4 Å². The normalized spacial score (nSPS) is 10.5. The molecule has 2 rings (SSSR count). The number of benzene rings is 2. The highest BCUT2D eigenvalue weighted by atomic mass is 19.1. The molecule has 0 aliphatic heterocycles. The summed E-state index contributed by atoms with van der Waals surface area (Å²) in [5.74, 6) is -2.49. The molecule has 0 aliphatic carbocycles. The summed E-state index contributed by atoms with van der Waals surface area (Å²) in [5, 5.41) is 2.82. The third kappa shape index (κ3) is 4.25. The number of Topliss-reactive ketones (excluding diaryl/α,β-unsaturated/α-hetero) is 1. The number of para-hydroxylation sites is 1. The summed E-state index contributed by atoms with van der Waals surface area (Å²) in [6.45, 7) is 3.89. The van der Waals surface area contributed by atoms with Crippen LogP contribution in [0.1, 0.15) is 41.3 Å². The maximum absolute atomic E-state index is 13.6. The minimum absolute atomic E-state index is 0.0624. The predicted molar refractivity (Wildman–Crippen MR) is 89.1 cm³/mol. The molecular weight excluding hydrogens is 312 g/mol. The molecule has 0 heterocycles. The van der Waals surface area contributed by atoms with Crippen molar-refractivity contribution in [3.05, 3.63) is 64.7 Å². The first-order valence-electron chi connectivity index (χ1n) is 7.79. The Hall–Kier alpha value is -2.56. The third-order valence-electron chi connectivity index (χ3n) is 3.82. The van der Waals surface area contributed by atoms with Crippen LogP contribution in [0.4, 0.5) is 14.5 Å². The van der Waals surface area contributed by atoms with E-state index in [0.29, 0.717) is 6.07 Å². The first kappa shape index (κ1) is 17.8. The third-order valence-corrected chi connectivity index (χ3v) is 3.82. The Bertz CT molecular complexity index is 772. The van der Waals surface area contributed by atoms with Gasteiger partial charge in [-0.1, -0.05) is 25.1 Å². The lowest BCUT2D eigenvalue weighted by atomic mass is 10.0. The van der Waals surface area contributed by atoms with Crippen LogP contribution in [0.2, 0.25) is 0 Å². The van der Waals surface area contributed by atoms with Crippen molar-refractivity contribution in [3.8, 4) is 0 Å². The van der Waals surface area contributed by atoms with Crippen LogP contribution in [0.25, 0.3) is 0 Å². The minimum Gasteiger partial charge on any atom is -0.326 e. The molecule has 0 saturated heterocycles. The molecule has 0 bridgehead atoms. The highest BCUT2D eigenvalue weighted by molar-refractivity contribution is 6.00. The fourth-order valence-corrected chi connectivity index (χ4v) is 2.48. The molecule has 0 saturated carbocycles. The molecule has 0 unspecified atom stereocenters. The van der Waals surface area contributed by atoms with E-state index in [9.17, 15) is 18.4 Å². The lowest BCUT2D eigenvalue weighted by molar-refractivity contribution is -0.116. The van der Waals surface area contributed by atoms with Crippen molar-refractivity contribution in [1.82, 2.24) is 0 Å². The van der Waals surface area contributed by atoms with Gasteiger partial charge < -0.3 is 5.32 Å². The Morgan fingerprint density at radius 1 is 1.08 bits per heavy atom. The molecule has 1 amide bonds. The Balaban J connectivity index is 2.00. The molecule has 0 aromatic heterocycles. The number of halogens is 2. The molecule has 2 aromatic carbocycles. The van der Waals surface area contributed by atoms with Crippen LogP contribution >= 0.6 is 0 Å². The highest BCUT2D eigenvalue weighted by Crippen LogP contribution is 2.21. The van der Waals surface area contributed by atoms with Crippen molar-refractivity contribution in [2.45, 2.75) is 33.1 Å². The first-order valence-corrected chi connectivity index (χ1v) is 7.79. The quantitative estimate of drug-likeness (QED) is 0.796. The minimum atomic E-state index is -0.910. The fraction of sp³-hybridized carbons (Fsp3) is 0.263. The number of hydrogen-bond acceptors (Lipinski definition) is 2. The molecule has 3 nitrogen and oxygen atoms in total. The molecule has 0 atom stereocenters. The number of aryl methyl sites for hydroxylation is 2. The largest absolute Gasteiger partial charge is 0.326 e. The second kappa shape index (κ2) is 7.81. The lowest BCUT2D eigenvalue weighted by Gasteiger charge is -2.12. The SMILES string of the molecule is CCc1cccc(C)c1NC(=O)CCC(=O)c1ccc(F)cc1F. The highest BCUT2D eigenvalue weighted by Gasteiger charge is 2.15. The van der Waals surface area contributed by atoms with Crippen molar-refractivity contribution in [1.29, 1.82) is 0 Å². The van der Waals surface area contributed by atoms with Gasteiger partial charge in [0.2, 0.25) is 5.91 Å². The number of anilines is 1. The number of ketones is 1. The average Bonchev–Trinajstić information content (AvgIpc) is 2.54. The van der Waals surface area contributed by atoms with E-state index in [0.717, 1.165) is 35.4 Å². The maximum Gasteiger partial charge on any atom is 0.224 e. The van der Waals surface area contributed by atoms with E-state index in [-0.39, 0.29) is 24.3 Å². The van der Waals surface area contributed by atoms with Crippen molar-refractivity contribution in [2.75, 3.05) is 5.32 Å². The van der Waals surface area contributed by atoms with Crippen LogP contribution in [-0.4, -0.2) is 11.7 Å². The molecule has 0 aliphatic rings. The smallest absolute Gasteiger partial charge is 0.224 e. The predicted octanol–water partition coefficient (Wildman–Crippen LogP) is 4.44. The second-order valence-electron chi connectivity index (χ2n) is 5.56. The van der Waals surface area contributed by atoms with E-state index in [1.165, 1.54) is 0 Å². The van der Waals surface area contributed by atoms with Gasteiger partial charge in [-0.15, -0.1) is 0 Å². The first-order chi connectivity index (χ1) is 11.4. The van der Waals surface area contributed by atoms with Gasteiger partial charge in [0.1, 0.15) is 11.6 Å². The van der Waals surface area contributed by atoms with Crippen LogP contribution in [0.5, 0.6) is 0 Å². The van der Waals surface area contributed by atoms with Gasteiger partial charge in [0.15, 0.2) is 5.78 Å². The standard InChI is InChI=1S/C19H19F2NO2/c1-3-13-6-4-5-12(2)19(13)22-18(24)10-9-17(23)15-8-7-14(20)11-16(15)21/h4-8,11H,3,9-10H2,1-2H3,(H,22,24). The van der Waals surface area contributed by atoms with Crippen LogP contribution in [0.15, 0.2) is 36.4 Å². The van der Waals surface area contributed by atoms with Gasteiger partial charge in [0, 0.05) is 24.6 Å². The molecule has 2 aromatic rings. The Morgan fingerprint density at radius 2 is 1.83 bits per heavy atom. The van der Waals surface area contributed by atoms with Crippen molar-refractivity contribution in [2.24, 2.45) is 0 Å². The zero-order valence-electron chi connectivity index (χ0n) is 13.7. The van der Waals surface area contributed by atoms with Gasteiger partial charge in [-0.3, -0.25) is 9.59 Å². The molecular formula is C19H19F2NO2. The van der Waals surface area contributed by atoms with E-state index < -0.39 is 17.4 Å². The van der Waals surface area contributed by atoms with Gasteiger partial charge in [-0.05, 0) is 36.6 Å². The number of carbonyl (C=O) groups excluding carboxylic acids is 2. The van der Waals surface area contributed by atoms with E-state index in [1.54, 1.807) is 0 Å². The Morgan fingerprint density at radius 3 is 2.50 bits per heavy atom. The Labute approximate surface area is 139 Å². The molecule has 24 heavy (non-hydrogen) atoms. The maximum atomic E-state index is 13.6. The van der Waals surface area contributed by atoms with E-state index in [2.05, 4.69) is 5.32 Å². The van der Waals surface area contributed by atoms with E-state index in [4.69, 9.17) is 0 Å². The van der Waals surface area contributed by atoms with E-state index in [1.807, 2.05) is 32.0 Å². The second-order valence-corrected chi connectivity index (χ2v) is 5.56. The van der Waals surface area contributed by atoms with Gasteiger partial charge in [0.05, 0.1) is 5.56 Å². The number of nitrogens with one attached hydrogen (secondary N) is 1. The number of carbonyl (C=O) groups is 2.